The van der Waals surface area contributed by atoms with Gasteiger partial charge in [0, 0.05) is 11.8 Å². The molecule has 1 N–H and O–H groups in total. The van der Waals surface area contributed by atoms with E-state index in [9.17, 15) is 13.0 Å². The van der Waals surface area contributed by atoms with Crippen LogP contribution in [0, 0.1) is 0 Å². The molecule has 2 unspecified atom stereocenters. The van der Waals surface area contributed by atoms with Gasteiger partial charge in [-0.25, -0.2) is 0 Å². The molecule has 1 aliphatic rings. The molecule has 0 spiro atoms. The van der Waals surface area contributed by atoms with Crippen molar-refractivity contribution in [3.8, 4) is 0 Å². The molecule has 2 aromatic rings. The van der Waals surface area contributed by atoms with Crippen molar-refractivity contribution in [2.24, 2.45) is 0 Å². The Morgan fingerprint density at radius 1 is 1.10 bits per heavy atom. The summed E-state index contributed by atoms with van der Waals surface area (Å²) in [6.07, 6.45) is 4.31. The average molecular weight is 300 g/mol. The van der Waals surface area contributed by atoms with Gasteiger partial charge in [0.25, 0.3) is 10.1 Å². The highest BCUT2D eigenvalue weighted by molar-refractivity contribution is 7.85. The van der Waals surface area contributed by atoms with Crippen LogP contribution in [0.25, 0.3) is 10.8 Å². The van der Waals surface area contributed by atoms with Gasteiger partial charge in [0.1, 0.15) is 0 Å². The van der Waals surface area contributed by atoms with E-state index >= 15 is 0 Å². The summed E-state index contributed by atoms with van der Waals surface area (Å²) in [5.41, 5.74) is 1.61. The third kappa shape index (κ3) is 2.11. The summed E-state index contributed by atoms with van der Waals surface area (Å²) in [5, 5.41) is 1.81. The molecule has 0 saturated heterocycles. The molecule has 0 bridgehead atoms. The standard InChI is InChI=1S/C17H16O3S/c1-3-11-9-12(4-2)17-15(21(18,19)20)10-13-7-5-6-8-14(13)16(11)17/h3-8,10-12H,1-2,9H2,(H,18,19,20). The Morgan fingerprint density at radius 3 is 2.33 bits per heavy atom. The smallest absolute Gasteiger partial charge is 0.282 e. The lowest BCUT2D eigenvalue weighted by Gasteiger charge is -2.14. The molecule has 4 heteroatoms. The van der Waals surface area contributed by atoms with Crippen molar-refractivity contribution in [3.05, 3.63) is 66.8 Å². The fourth-order valence-electron chi connectivity index (χ4n) is 3.30. The molecule has 0 heterocycles. The van der Waals surface area contributed by atoms with Crippen LogP contribution >= 0.6 is 0 Å². The lowest BCUT2D eigenvalue weighted by atomic mass is 9.94. The van der Waals surface area contributed by atoms with Gasteiger partial charge in [-0.3, -0.25) is 4.55 Å². The van der Waals surface area contributed by atoms with Gasteiger partial charge in [0.05, 0.1) is 4.90 Å². The molecule has 3 rings (SSSR count). The number of hydrogen-bond acceptors (Lipinski definition) is 2. The summed E-state index contributed by atoms with van der Waals surface area (Å²) in [6.45, 7) is 7.67. The summed E-state index contributed by atoms with van der Waals surface area (Å²) in [4.78, 5) is -0.00884. The van der Waals surface area contributed by atoms with E-state index in [1.165, 1.54) is 0 Å². The molecule has 21 heavy (non-hydrogen) atoms. The molecule has 1 aliphatic carbocycles. The van der Waals surface area contributed by atoms with Crippen LogP contribution in [-0.4, -0.2) is 13.0 Å². The minimum atomic E-state index is -4.28. The summed E-state index contributed by atoms with van der Waals surface area (Å²) in [6, 6.07) is 9.16. The van der Waals surface area contributed by atoms with Crippen LogP contribution in [0.3, 0.4) is 0 Å². The molecule has 0 fully saturated rings. The summed E-state index contributed by atoms with van der Waals surface area (Å²) in [7, 11) is -4.28. The number of hydrogen-bond donors (Lipinski definition) is 1. The Balaban J connectivity index is 2.51. The number of rotatable bonds is 3. The highest BCUT2D eigenvalue weighted by atomic mass is 32.2. The first-order valence-corrected chi connectivity index (χ1v) is 8.19. The van der Waals surface area contributed by atoms with Gasteiger partial charge in [-0.15, -0.1) is 13.2 Å². The predicted molar refractivity (Wildman–Crippen MR) is 84.3 cm³/mol. The van der Waals surface area contributed by atoms with Crippen molar-refractivity contribution in [2.75, 3.05) is 0 Å². The van der Waals surface area contributed by atoms with Gasteiger partial charge in [-0.05, 0) is 34.4 Å². The summed E-state index contributed by atoms with van der Waals surface area (Å²) < 4.78 is 33.2. The van der Waals surface area contributed by atoms with Crippen molar-refractivity contribution in [2.45, 2.75) is 23.2 Å². The first-order valence-electron chi connectivity index (χ1n) is 6.75. The fourth-order valence-corrected chi connectivity index (χ4v) is 4.11. The predicted octanol–water partition coefficient (Wildman–Crippen LogP) is 4.03. The molecule has 0 saturated carbocycles. The molecule has 3 nitrogen and oxygen atoms in total. The Morgan fingerprint density at radius 2 is 1.71 bits per heavy atom. The highest BCUT2D eigenvalue weighted by Gasteiger charge is 2.34. The van der Waals surface area contributed by atoms with E-state index in [2.05, 4.69) is 13.2 Å². The molecule has 2 aromatic carbocycles. The molecule has 0 radical (unpaired) electrons. The molecular weight excluding hydrogens is 284 g/mol. The summed E-state index contributed by atoms with van der Waals surface area (Å²) >= 11 is 0. The third-order valence-electron chi connectivity index (χ3n) is 4.19. The van der Waals surface area contributed by atoms with Crippen molar-refractivity contribution < 1.29 is 13.0 Å². The van der Waals surface area contributed by atoms with Gasteiger partial charge in [0.15, 0.2) is 0 Å². The second-order valence-electron chi connectivity index (χ2n) is 5.32. The van der Waals surface area contributed by atoms with Gasteiger partial charge < -0.3 is 0 Å². The van der Waals surface area contributed by atoms with Crippen LogP contribution in [0.15, 0.2) is 60.5 Å². The Kier molecular flexibility index (Phi) is 3.23. The third-order valence-corrected chi connectivity index (χ3v) is 5.08. The molecule has 0 amide bonds. The van der Waals surface area contributed by atoms with Crippen LogP contribution < -0.4 is 0 Å². The lowest BCUT2D eigenvalue weighted by Crippen LogP contribution is -2.05. The van der Waals surface area contributed by atoms with Crippen molar-refractivity contribution in [3.63, 3.8) is 0 Å². The van der Waals surface area contributed by atoms with Gasteiger partial charge >= 0.3 is 0 Å². The largest absolute Gasteiger partial charge is 0.294 e. The van der Waals surface area contributed by atoms with Gasteiger partial charge in [-0.2, -0.15) is 8.42 Å². The fraction of sp³-hybridized carbons (Fsp3) is 0.176. The van der Waals surface area contributed by atoms with E-state index in [0.717, 1.165) is 22.8 Å². The average Bonchev–Trinajstić information content (AvgIpc) is 2.84. The van der Waals surface area contributed by atoms with Crippen molar-refractivity contribution in [1.29, 1.82) is 0 Å². The van der Waals surface area contributed by atoms with E-state index in [1.807, 2.05) is 30.3 Å². The van der Waals surface area contributed by atoms with Crippen LogP contribution in [0.2, 0.25) is 0 Å². The Labute approximate surface area is 124 Å². The topological polar surface area (TPSA) is 54.4 Å². The normalized spacial score (nSPS) is 21.2. The van der Waals surface area contributed by atoms with Crippen molar-refractivity contribution >= 4 is 20.9 Å². The molecule has 2 atom stereocenters. The quantitative estimate of drug-likeness (QED) is 0.688. The molecule has 108 valence electrons. The van der Waals surface area contributed by atoms with Crippen LogP contribution in [-0.2, 0) is 10.1 Å². The molecule has 0 aromatic heterocycles. The number of benzene rings is 2. The molecule has 0 aliphatic heterocycles. The maximum atomic E-state index is 11.8. The maximum absolute atomic E-state index is 11.8. The van der Waals surface area contributed by atoms with E-state index < -0.39 is 10.1 Å². The SMILES string of the molecule is C=CC1CC(C=C)c2c1c(S(=O)(=O)O)cc1ccccc21. The monoisotopic (exact) mass is 300 g/mol. The Bertz CT molecular complexity index is 850. The maximum Gasteiger partial charge on any atom is 0.294 e. The number of fused-ring (bicyclic) bond motifs is 3. The van der Waals surface area contributed by atoms with Gasteiger partial charge in [0.2, 0.25) is 0 Å². The van der Waals surface area contributed by atoms with E-state index in [-0.39, 0.29) is 16.7 Å². The minimum Gasteiger partial charge on any atom is -0.282 e. The van der Waals surface area contributed by atoms with E-state index in [1.54, 1.807) is 12.1 Å². The van der Waals surface area contributed by atoms with E-state index in [0.29, 0.717) is 5.56 Å². The first-order chi connectivity index (χ1) is 9.97. The number of allylic oxidation sites excluding steroid dienone is 2. The second-order valence-corrected chi connectivity index (χ2v) is 6.71. The molecular formula is C17H16O3S. The van der Waals surface area contributed by atoms with Crippen LogP contribution in [0.4, 0.5) is 0 Å². The highest BCUT2D eigenvalue weighted by Crippen LogP contribution is 2.48. The van der Waals surface area contributed by atoms with E-state index in [4.69, 9.17) is 0 Å². The zero-order chi connectivity index (χ0) is 15.2. The lowest BCUT2D eigenvalue weighted by molar-refractivity contribution is 0.482. The second kappa shape index (κ2) is 4.83. The summed E-state index contributed by atoms with van der Waals surface area (Å²) in [5.74, 6) is -0.0286. The zero-order valence-corrected chi connectivity index (χ0v) is 12.3. The van der Waals surface area contributed by atoms with Crippen molar-refractivity contribution in [1.82, 2.24) is 0 Å². The van der Waals surface area contributed by atoms with Crippen LogP contribution in [0.5, 0.6) is 0 Å². The van der Waals surface area contributed by atoms with Gasteiger partial charge in [-0.1, -0.05) is 36.4 Å². The zero-order valence-electron chi connectivity index (χ0n) is 11.5. The Hall–Kier alpha value is -1.91. The van der Waals surface area contributed by atoms with Crippen LogP contribution in [0.1, 0.15) is 29.4 Å². The first kappa shape index (κ1) is 14.0. The minimum absolute atomic E-state index is 0.00884.